The first-order chi connectivity index (χ1) is 13.7. The Morgan fingerprint density at radius 3 is 2.36 bits per heavy atom. The van der Waals surface area contributed by atoms with Crippen molar-refractivity contribution in [2.24, 2.45) is 0 Å². The molecule has 0 bridgehead atoms. The quantitative estimate of drug-likeness (QED) is 0.319. The van der Waals surface area contributed by atoms with Crippen LogP contribution in [0.3, 0.4) is 0 Å². The number of nitrogens with two attached hydrogens (primary N) is 1. The molecule has 0 radical (unpaired) electrons. The van der Waals surface area contributed by atoms with Crippen LogP contribution in [-0.2, 0) is 4.79 Å². The van der Waals surface area contributed by atoms with Gasteiger partial charge in [-0.25, -0.2) is 0 Å². The van der Waals surface area contributed by atoms with Crippen molar-refractivity contribution in [2.45, 2.75) is 9.79 Å². The summed E-state index contributed by atoms with van der Waals surface area (Å²) >= 11 is 1.54. The Kier molecular flexibility index (Phi) is 6.34. The van der Waals surface area contributed by atoms with Crippen molar-refractivity contribution >= 4 is 34.7 Å². The fourth-order valence-corrected chi connectivity index (χ4v) is 3.27. The van der Waals surface area contributed by atoms with Crippen LogP contribution in [0.2, 0.25) is 0 Å². The fraction of sp³-hybridized carbons (Fsp3) is 0. The standard InChI is InChI=1S/C22H18N4OS/c23-14-16(15-25-18-12-10-17(24)11-13-18)22(27)26-20-8-4-5-9-21(20)28-19-6-2-1-3-7-19/h1-13,15,25H,24H2,(H,26,27)/b16-15-. The molecule has 28 heavy (non-hydrogen) atoms. The van der Waals surface area contributed by atoms with Gasteiger partial charge in [0.25, 0.3) is 5.91 Å². The molecule has 0 aliphatic rings. The zero-order chi connectivity index (χ0) is 19.8. The largest absolute Gasteiger partial charge is 0.399 e. The third kappa shape index (κ3) is 5.16. The molecular formula is C22H18N4OS. The van der Waals surface area contributed by atoms with E-state index in [1.54, 1.807) is 36.0 Å². The number of nitrogen functional groups attached to an aromatic ring is 1. The molecule has 1 amide bonds. The first-order valence-electron chi connectivity index (χ1n) is 8.51. The zero-order valence-electron chi connectivity index (χ0n) is 14.9. The molecule has 3 aromatic rings. The third-order valence-electron chi connectivity index (χ3n) is 3.77. The Morgan fingerprint density at radius 1 is 0.964 bits per heavy atom. The highest BCUT2D eigenvalue weighted by Gasteiger charge is 2.12. The molecule has 0 saturated carbocycles. The molecule has 6 heteroatoms. The average Bonchev–Trinajstić information content (AvgIpc) is 2.72. The lowest BCUT2D eigenvalue weighted by molar-refractivity contribution is -0.112. The first kappa shape index (κ1) is 19.1. The molecule has 0 atom stereocenters. The summed E-state index contributed by atoms with van der Waals surface area (Å²) in [6.07, 6.45) is 1.38. The van der Waals surface area contributed by atoms with Crippen LogP contribution < -0.4 is 16.4 Å². The van der Waals surface area contributed by atoms with Gasteiger partial charge < -0.3 is 16.4 Å². The van der Waals surface area contributed by atoms with E-state index < -0.39 is 5.91 Å². The van der Waals surface area contributed by atoms with Crippen LogP contribution in [-0.4, -0.2) is 5.91 Å². The van der Waals surface area contributed by atoms with Gasteiger partial charge in [-0.2, -0.15) is 5.26 Å². The molecule has 0 fully saturated rings. The van der Waals surface area contributed by atoms with Gasteiger partial charge in [-0.1, -0.05) is 42.1 Å². The lowest BCUT2D eigenvalue weighted by Gasteiger charge is -2.10. The second-order valence-corrected chi connectivity index (χ2v) is 6.92. The van der Waals surface area contributed by atoms with E-state index in [-0.39, 0.29) is 5.57 Å². The molecule has 0 aliphatic heterocycles. The van der Waals surface area contributed by atoms with Gasteiger partial charge in [-0.3, -0.25) is 4.79 Å². The minimum atomic E-state index is -0.480. The van der Waals surface area contributed by atoms with Crippen LogP contribution in [0.25, 0.3) is 0 Å². The van der Waals surface area contributed by atoms with Crippen molar-refractivity contribution in [3.05, 3.63) is 90.6 Å². The van der Waals surface area contributed by atoms with Gasteiger partial charge in [0.05, 0.1) is 5.69 Å². The normalized spacial score (nSPS) is 10.8. The van der Waals surface area contributed by atoms with Gasteiger partial charge in [0, 0.05) is 27.4 Å². The molecule has 5 nitrogen and oxygen atoms in total. The van der Waals surface area contributed by atoms with Crippen molar-refractivity contribution in [3.63, 3.8) is 0 Å². The second-order valence-electron chi connectivity index (χ2n) is 5.80. The monoisotopic (exact) mass is 386 g/mol. The Balaban J connectivity index is 1.73. The van der Waals surface area contributed by atoms with E-state index >= 15 is 0 Å². The molecule has 4 N–H and O–H groups in total. The Labute approximate surface area is 167 Å². The molecule has 0 aromatic heterocycles. The predicted molar refractivity (Wildman–Crippen MR) is 114 cm³/mol. The third-order valence-corrected chi connectivity index (χ3v) is 4.85. The highest BCUT2D eigenvalue weighted by Crippen LogP contribution is 2.33. The van der Waals surface area contributed by atoms with Gasteiger partial charge in [-0.15, -0.1) is 0 Å². The summed E-state index contributed by atoms with van der Waals surface area (Å²) in [5.74, 6) is -0.480. The molecule has 0 heterocycles. The highest BCUT2D eigenvalue weighted by atomic mass is 32.2. The Bertz CT molecular complexity index is 1020. The number of rotatable bonds is 6. The minimum Gasteiger partial charge on any atom is -0.399 e. The summed E-state index contributed by atoms with van der Waals surface area (Å²) in [6.45, 7) is 0. The SMILES string of the molecule is N#C/C(=C/Nc1ccc(N)cc1)C(=O)Nc1ccccc1Sc1ccccc1. The maximum absolute atomic E-state index is 12.6. The number of para-hydroxylation sites is 1. The molecular weight excluding hydrogens is 368 g/mol. The zero-order valence-corrected chi connectivity index (χ0v) is 15.7. The minimum absolute atomic E-state index is 0.0312. The average molecular weight is 386 g/mol. The van der Waals surface area contributed by atoms with E-state index in [9.17, 15) is 10.1 Å². The van der Waals surface area contributed by atoms with Crippen molar-refractivity contribution in [3.8, 4) is 6.07 Å². The summed E-state index contributed by atoms with van der Waals surface area (Å²) in [5.41, 5.74) is 7.64. The number of nitrogens with one attached hydrogen (secondary N) is 2. The van der Waals surface area contributed by atoms with Crippen LogP contribution in [0.5, 0.6) is 0 Å². The number of carbonyl (C=O) groups is 1. The van der Waals surface area contributed by atoms with Crippen LogP contribution in [0.15, 0.2) is 100 Å². The first-order valence-corrected chi connectivity index (χ1v) is 9.33. The number of nitriles is 1. The van der Waals surface area contributed by atoms with E-state index in [1.165, 1.54) is 6.20 Å². The maximum atomic E-state index is 12.6. The fourth-order valence-electron chi connectivity index (χ4n) is 2.35. The van der Waals surface area contributed by atoms with Crippen LogP contribution in [0, 0.1) is 11.3 Å². The summed E-state index contributed by atoms with van der Waals surface area (Å²) in [4.78, 5) is 14.5. The van der Waals surface area contributed by atoms with E-state index in [1.807, 2.05) is 60.7 Å². The number of hydrogen-bond donors (Lipinski definition) is 3. The van der Waals surface area contributed by atoms with E-state index in [2.05, 4.69) is 10.6 Å². The highest BCUT2D eigenvalue weighted by molar-refractivity contribution is 7.99. The molecule has 3 aromatic carbocycles. The van der Waals surface area contributed by atoms with Crippen molar-refractivity contribution in [2.75, 3.05) is 16.4 Å². The van der Waals surface area contributed by atoms with Gasteiger partial charge >= 0.3 is 0 Å². The van der Waals surface area contributed by atoms with Gasteiger partial charge in [0.2, 0.25) is 0 Å². The van der Waals surface area contributed by atoms with Gasteiger partial charge in [-0.05, 0) is 48.5 Å². The molecule has 0 saturated heterocycles. The van der Waals surface area contributed by atoms with E-state index in [0.717, 1.165) is 15.5 Å². The Morgan fingerprint density at radius 2 is 1.64 bits per heavy atom. The number of carbonyl (C=O) groups excluding carboxylic acids is 1. The summed E-state index contributed by atoms with van der Waals surface area (Å²) in [5, 5.41) is 15.1. The van der Waals surface area contributed by atoms with Crippen LogP contribution in [0.1, 0.15) is 0 Å². The molecule has 0 spiro atoms. The summed E-state index contributed by atoms with van der Waals surface area (Å²) < 4.78 is 0. The van der Waals surface area contributed by atoms with E-state index in [0.29, 0.717) is 11.4 Å². The molecule has 3 rings (SSSR count). The van der Waals surface area contributed by atoms with Crippen LogP contribution >= 0.6 is 11.8 Å². The molecule has 138 valence electrons. The second kappa shape index (κ2) is 9.31. The molecule has 0 aliphatic carbocycles. The number of nitrogens with zero attached hydrogens (tertiary/aromatic N) is 1. The van der Waals surface area contributed by atoms with Gasteiger partial charge in [0.15, 0.2) is 0 Å². The number of hydrogen-bond acceptors (Lipinski definition) is 5. The van der Waals surface area contributed by atoms with Crippen molar-refractivity contribution in [1.82, 2.24) is 0 Å². The number of anilines is 3. The molecule has 0 unspecified atom stereocenters. The lowest BCUT2D eigenvalue weighted by Crippen LogP contribution is -2.15. The van der Waals surface area contributed by atoms with Crippen LogP contribution in [0.4, 0.5) is 17.1 Å². The predicted octanol–water partition coefficient (Wildman–Crippen LogP) is 4.88. The van der Waals surface area contributed by atoms with Crippen molar-refractivity contribution in [1.29, 1.82) is 5.26 Å². The van der Waals surface area contributed by atoms with E-state index in [4.69, 9.17) is 5.73 Å². The lowest BCUT2D eigenvalue weighted by atomic mass is 10.2. The maximum Gasteiger partial charge on any atom is 0.267 e. The number of amides is 1. The Hall–Kier alpha value is -3.69. The summed E-state index contributed by atoms with van der Waals surface area (Å²) in [7, 11) is 0. The topological polar surface area (TPSA) is 90.9 Å². The van der Waals surface area contributed by atoms with Gasteiger partial charge in [0.1, 0.15) is 11.6 Å². The smallest absolute Gasteiger partial charge is 0.267 e. The number of benzene rings is 3. The summed E-state index contributed by atoms with van der Waals surface area (Å²) in [6, 6.07) is 26.3. The van der Waals surface area contributed by atoms with Crippen molar-refractivity contribution < 1.29 is 4.79 Å².